The van der Waals surface area contributed by atoms with Crippen LogP contribution in [0.3, 0.4) is 0 Å². The summed E-state index contributed by atoms with van der Waals surface area (Å²) in [6.45, 7) is 1.94. The third kappa shape index (κ3) is 1.09. The topological polar surface area (TPSA) is 53.1 Å². The molecule has 3 nitrogen and oxygen atoms in total. The van der Waals surface area contributed by atoms with Gasteiger partial charge in [-0.25, -0.2) is 0 Å². The van der Waals surface area contributed by atoms with E-state index in [-0.39, 0.29) is 6.47 Å². The second-order valence-corrected chi connectivity index (χ2v) is 3.35. The van der Waals surface area contributed by atoms with Gasteiger partial charge in [0.25, 0.3) is 6.47 Å². The summed E-state index contributed by atoms with van der Waals surface area (Å²) in [4.78, 5) is 11.8. The summed E-state index contributed by atoms with van der Waals surface area (Å²) in [5.41, 5.74) is 5.67. The molecular formula is C11H11NO2. The maximum absolute atomic E-state index is 8.36. The minimum atomic E-state index is -0.250. The lowest BCUT2D eigenvalue weighted by Gasteiger charge is -2.03. The molecule has 1 aliphatic rings. The SMILES string of the molecule is Cc1c2[nH]c3c(cccc13)C2.O=CO. The first kappa shape index (κ1) is 8.81. The monoisotopic (exact) mass is 189 g/mol. The average Bonchev–Trinajstić information content (AvgIpc) is 2.70. The molecule has 3 rings (SSSR count). The summed E-state index contributed by atoms with van der Waals surface area (Å²) in [5.74, 6) is 0. The van der Waals surface area contributed by atoms with Crippen LogP contribution in [-0.4, -0.2) is 16.6 Å². The van der Waals surface area contributed by atoms with Crippen molar-refractivity contribution in [2.24, 2.45) is 0 Å². The number of nitrogens with one attached hydrogen (secondary N) is 1. The van der Waals surface area contributed by atoms with Crippen molar-refractivity contribution in [1.82, 2.24) is 4.98 Å². The van der Waals surface area contributed by atoms with Crippen molar-refractivity contribution in [3.05, 3.63) is 35.0 Å². The molecule has 0 radical (unpaired) electrons. The van der Waals surface area contributed by atoms with Gasteiger partial charge in [-0.3, -0.25) is 4.79 Å². The van der Waals surface area contributed by atoms with Crippen LogP contribution < -0.4 is 0 Å². The molecule has 0 saturated carbocycles. The molecule has 1 aromatic carbocycles. The van der Waals surface area contributed by atoms with E-state index in [1.54, 1.807) is 0 Å². The summed E-state index contributed by atoms with van der Waals surface area (Å²) >= 11 is 0. The first-order valence-corrected chi connectivity index (χ1v) is 4.45. The summed E-state index contributed by atoms with van der Waals surface area (Å²) < 4.78 is 0. The number of carboxylic acid groups (broad SMARTS) is 1. The van der Waals surface area contributed by atoms with Crippen molar-refractivity contribution in [2.75, 3.05) is 0 Å². The highest BCUT2D eigenvalue weighted by Gasteiger charge is 2.17. The quantitative estimate of drug-likeness (QED) is 0.532. The normalized spacial score (nSPS) is 11.5. The van der Waals surface area contributed by atoms with Crippen LogP contribution in [0.4, 0.5) is 0 Å². The Hall–Kier alpha value is -1.77. The molecule has 1 aromatic heterocycles. The molecule has 0 aliphatic carbocycles. The van der Waals surface area contributed by atoms with E-state index in [1.807, 2.05) is 0 Å². The van der Waals surface area contributed by atoms with Crippen molar-refractivity contribution < 1.29 is 9.90 Å². The van der Waals surface area contributed by atoms with Crippen molar-refractivity contribution >= 4 is 17.4 Å². The summed E-state index contributed by atoms with van der Waals surface area (Å²) in [7, 11) is 0. The Morgan fingerprint density at radius 1 is 1.50 bits per heavy atom. The van der Waals surface area contributed by atoms with E-state index in [1.165, 1.54) is 27.7 Å². The number of para-hydroxylation sites is 1. The number of fused-ring (bicyclic) bond motifs is 1. The van der Waals surface area contributed by atoms with Gasteiger partial charge in [-0.15, -0.1) is 0 Å². The van der Waals surface area contributed by atoms with E-state index < -0.39 is 0 Å². The lowest BCUT2D eigenvalue weighted by atomic mass is 9.99. The van der Waals surface area contributed by atoms with Crippen LogP contribution in [-0.2, 0) is 11.2 Å². The number of aromatic nitrogens is 1. The molecule has 1 aliphatic heterocycles. The van der Waals surface area contributed by atoms with Crippen LogP contribution in [0, 0.1) is 6.92 Å². The van der Waals surface area contributed by atoms with E-state index in [9.17, 15) is 0 Å². The number of rotatable bonds is 0. The Labute approximate surface area is 81.4 Å². The predicted octanol–water partition coefficient (Wildman–Crippen LogP) is 2.08. The van der Waals surface area contributed by atoms with E-state index >= 15 is 0 Å². The van der Waals surface area contributed by atoms with Gasteiger partial charge in [-0.05, 0) is 18.1 Å². The summed E-state index contributed by atoms with van der Waals surface area (Å²) in [6.07, 6.45) is 1.12. The lowest BCUT2D eigenvalue weighted by Crippen LogP contribution is -1.88. The van der Waals surface area contributed by atoms with E-state index in [4.69, 9.17) is 9.90 Å². The third-order valence-electron chi connectivity index (χ3n) is 2.65. The van der Waals surface area contributed by atoms with Gasteiger partial charge in [0.2, 0.25) is 0 Å². The number of benzene rings is 1. The van der Waals surface area contributed by atoms with Crippen LogP contribution in [0.25, 0.3) is 10.9 Å². The van der Waals surface area contributed by atoms with Crippen molar-refractivity contribution in [3.63, 3.8) is 0 Å². The molecule has 0 spiro atoms. The molecule has 2 heterocycles. The van der Waals surface area contributed by atoms with Gasteiger partial charge in [0.15, 0.2) is 0 Å². The smallest absolute Gasteiger partial charge is 0.290 e. The Morgan fingerprint density at radius 2 is 2.21 bits per heavy atom. The van der Waals surface area contributed by atoms with E-state index in [2.05, 4.69) is 30.1 Å². The van der Waals surface area contributed by atoms with Crippen LogP contribution >= 0.6 is 0 Å². The zero-order chi connectivity index (χ0) is 10.1. The molecule has 0 unspecified atom stereocenters. The second-order valence-electron chi connectivity index (χ2n) is 3.35. The van der Waals surface area contributed by atoms with Crippen molar-refractivity contribution in [1.29, 1.82) is 0 Å². The highest BCUT2D eigenvalue weighted by molar-refractivity contribution is 5.90. The zero-order valence-corrected chi connectivity index (χ0v) is 7.87. The molecule has 0 atom stereocenters. The van der Waals surface area contributed by atoms with E-state index in [0.29, 0.717) is 0 Å². The number of hydrogen-bond donors (Lipinski definition) is 2. The minimum Gasteiger partial charge on any atom is -0.483 e. The summed E-state index contributed by atoms with van der Waals surface area (Å²) in [5, 5.41) is 8.30. The first-order chi connectivity index (χ1) is 6.77. The zero-order valence-electron chi connectivity index (χ0n) is 7.87. The van der Waals surface area contributed by atoms with Gasteiger partial charge in [0.05, 0.1) is 0 Å². The van der Waals surface area contributed by atoms with Crippen LogP contribution in [0.1, 0.15) is 16.8 Å². The minimum absolute atomic E-state index is 0.250. The Bertz CT molecular complexity index is 485. The number of aryl methyl sites for hydroxylation is 1. The maximum atomic E-state index is 8.36. The van der Waals surface area contributed by atoms with Gasteiger partial charge >= 0.3 is 0 Å². The van der Waals surface area contributed by atoms with Crippen LogP contribution in [0.5, 0.6) is 0 Å². The standard InChI is InChI=1S/C10H9N.CH2O2/c1-6-8-4-2-3-7-5-9(6)11-10(7)8;2-1-3/h2-4,11H,5H2,1H3;1H,(H,2,3). The first-order valence-electron chi connectivity index (χ1n) is 4.45. The Morgan fingerprint density at radius 3 is 2.79 bits per heavy atom. The van der Waals surface area contributed by atoms with Crippen LogP contribution in [0.15, 0.2) is 18.2 Å². The van der Waals surface area contributed by atoms with Crippen molar-refractivity contribution in [3.8, 4) is 0 Å². The number of aromatic amines is 1. The van der Waals surface area contributed by atoms with Crippen LogP contribution in [0.2, 0.25) is 0 Å². The van der Waals surface area contributed by atoms with Gasteiger partial charge in [-0.1, -0.05) is 18.2 Å². The third-order valence-corrected chi connectivity index (χ3v) is 2.65. The number of H-pyrrole nitrogens is 1. The van der Waals surface area contributed by atoms with Crippen molar-refractivity contribution in [2.45, 2.75) is 13.3 Å². The molecule has 14 heavy (non-hydrogen) atoms. The lowest BCUT2D eigenvalue weighted by molar-refractivity contribution is -0.122. The molecule has 3 heteroatoms. The highest BCUT2D eigenvalue weighted by Crippen LogP contribution is 2.32. The highest BCUT2D eigenvalue weighted by atomic mass is 16.3. The molecule has 0 saturated heterocycles. The molecule has 0 fully saturated rings. The molecule has 72 valence electrons. The van der Waals surface area contributed by atoms with Gasteiger partial charge in [0.1, 0.15) is 0 Å². The molecule has 0 amide bonds. The fourth-order valence-corrected chi connectivity index (χ4v) is 1.98. The Balaban J connectivity index is 0.000000226. The van der Waals surface area contributed by atoms with Gasteiger partial charge in [-0.2, -0.15) is 0 Å². The number of carbonyl (C=O) groups is 1. The average molecular weight is 189 g/mol. The predicted molar refractivity (Wildman–Crippen MR) is 54.5 cm³/mol. The van der Waals surface area contributed by atoms with E-state index in [0.717, 1.165) is 6.42 Å². The molecule has 2 aromatic rings. The number of hydrogen-bond acceptors (Lipinski definition) is 1. The maximum Gasteiger partial charge on any atom is 0.290 e. The summed E-state index contributed by atoms with van der Waals surface area (Å²) in [6, 6.07) is 6.53. The fourth-order valence-electron chi connectivity index (χ4n) is 1.98. The second kappa shape index (κ2) is 3.18. The molecular weight excluding hydrogens is 178 g/mol. The Kier molecular flexibility index (Phi) is 2.00. The van der Waals surface area contributed by atoms with Gasteiger partial charge < -0.3 is 10.1 Å². The van der Waals surface area contributed by atoms with Gasteiger partial charge in [0, 0.05) is 23.0 Å². The molecule has 2 bridgehead atoms. The fraction of sp³-hybridized carbons (Fsp3) is 0.182. The largest absolute Gasteiger partial charge is 0.483 e. The molecule has 2 N–H and O–H groups in total.